The summed E-state index contributed by atoms with van der Waals surface area (Å²) in [4.78, 5) is 14.8. The number of amides is 1. The van der Waals surface area contributed by atoms with Gasteiger partial charge >= 0.3 is 0 Å². The Balaban J connectivity index is 1.63. The third-order valence-electron chi connectivity index (χ3n) is 5.94. The first-order chi connectivity index (χ1) is 14.8. The summed E-state index contributed by atoms with van der Waals surface area (Å²) < 4.78 is 33.0. The van der Waals surface area contributed by atoms with Crippen LogP contribution in [0.1, 0.15) is 30.9 Å². The number of piperidine rings is 1. The zero-order valence-corrected chi connectivity index (χ0v) is 19.4. The van der Waals surface area contributed by atoms with Crippen LogP contribution in [0, 0.1) is 12.8 Å². The van der Waals surface area contributed by atoms with Crippen LogP contribution in [0.5, 0.6) is 5.75 Å². The van der Waals surface area contributed by atoms with Crippen molar-refractivity contribution in [3.8, 4) is 5.75 Å². The highest BCUT2D eigenvalue weighted by Crippen LogP contribution is 2.28. The van der Waals surface area contributed by atoms with Gasteiger partial charge < -0.3 is 9.64 Å². The largest absolute Gasteiger partial charge is 0.495 e. The predicted molar refractivity (Wildman–Crippen MR) is 122 cm³/mol. The Labute approximate surface area is 185 Å². The van der Waals surface area contributed by atoms with Gasteiger partial charge in [-0.1, -0.05) is 43.3 Å². The van der Waals surface area contributed by atoms with Gasteiger partial charge in [0, 0.05) is 19.6 Å². The molecule has 0 saturated carbocycles. The van der Waals surface area contributed by atoms with E-state index in [1.165, 1.54) is 17.0 Å². The molecule has 1 aliphatic rings. The number of aryl methyl sites for hydroxylation is 1. The van der Waals surface area contributed by atoms with Crippen LogP contribution in [0.3, 0.4) is 0 Å². The quantitative estimate of drug-likeness (QED) is 0.625. The molecule has 0 N–H and O–H groups in total. The van der Waals surface area contributed by atoms with Gasteiger partial charge in [0.15, 0.2) is 0 Å². The molecular formula is C24H32N2O4S. The predicted octanol–water partition coefficient (Wildman–Crippen LogP) is 3.50. The van der Waals surface area contributed by atoms with Gasteiger partial charge in [0.25, 0.3) is 0 Å². The van der Waals surface area contributed by atoms with Crippen LogP contribution < -0.4 is 4.74 Å². The third kappa shape index (κ3) is 5.66. The smallest absolute Gasteiger partial charge is 0.247 e. The topological polar surface area (TPSA) is 66.9 Å². The van der Waals surface area contributed by atoms with Crippen LogP contribution in [-0.4, -0.2) is 56.8 Å². The minimum absolute atomic E-state index is 0.103. The Morgan fingerprint density at radius 1 is 1.13 bits per heavy atom. The van der Waals surface area contributed by atoms with E-state index >= 15 is 0 Å². The first kappa shape index (κ1) is 23.3. The number of likely N-dealkylation sites (N-methyl/N-ethyl adjacent to an activating group) is 1. The van der Waals surface area contributed by atoms with Crippen LogP contribution in [0.15, 0.2) is 53.4 Å². The number of ether oxygens (including phenoxy) is 1. The molecule has 168 valence electrons. The van der Waals surface area contributed by atoms with Crippen molar-refractivity contribution >= 4 is 15.9 Å². The Morgan fingerprint density at radius 3 is 2.42 bits per heavy atom. The van der Waals surface area contributed by atoms with Crippen LogP contribution in [0.2, 0.25) is 0 Å². The summed E-state index contributed by atoms with van der Waals surface area (Å²) in [6.45, 7) is 4.98. The summed E-state index contributed by atoms with van der Waals surface area (Å²) in [6, 6.07) is 15.4. The highest BCUT2D eigenvalue weighted by Gasteiger charge is 2.31. The fourth-order valence-corrected chi connectivity index (χ4v) is 5.72. The molecule has 3 rings (SSSR count). The number of hydrogen-bond acceptors (Lipinski definition) is 4. The van der Waals surface area contributed by atoms with Crippen molar-refractivity contribution in [2.24, 2.45) is 5.92 Å². The van der Waals surface area contributed by atoms with Gasteiger partial charge in [0.2, 0.25) is 15.9 Å². The van der Waals surface area contributed by atoms with Gasteiger partial charge in [0.1, 0.15) is 10.6 Å². The van der Waals surface area contributed by atoms with E-state index in [2.05, 4.69) is 24.3 Å². The lowest BCUT2D eigenvalue weighted by Crippen LogP contribution is -2.46. The molecule has 0 unspecified atom stereocenters. The van der Waals surface area contributed by atoms with E-state index in [0.29, 0.717) is 24.8 Å². The second-order valence-corrected chi connectivity index (χ2v) is 10.0. The summed E-state index contributed by atoms with van der Waals surface area (Å²) in [5.74, 6) is 0.697. The molecule has 2 aromatic carbocycles. The number of methoxy groups -OCH3 is 1. The zero-order chi connectivity index (χ0) is 22.4. The first-order valence-electron chi connectivity index (χ1n) is 10.8. The molecule has 0 aliphatic carbocycles. The second-order valence-electron chi connectivity index (χ2n) is 8.10. The fourth-order valence-electron chi connectivity index (χ4n) is 4.08. The Morgan fingerprint density at radius 2 is 1.81 bits per heavy atom. The maximum atomic E-state index is 13.2. The SMILES string of the molecule is CCN(CC(=O)N1CCC(Cc2ccccc2)CC1)S(=O)(=O)c1cc(C)ccc1OC. The molecule has 0 radical (unpaired) electrons. The average Bonchev–Trinajstić information content (AvgIpc) is 2.78. The molecule has 0 bridgehead atoms. The van der Waals surface area contributed by atoms with Gasteiger partial charge in [-0.05, 0) is 55.4 Å². The molecule has 1 fully saturated rings. The first-order valence-corrected chi connectivity index (χ1v) is 12.3. The number of carbonyl (C=O) groups is 1. The number of likely N-dealkylation sites (tertiary alicyclic amines) is 1. The normalized spacial score (nSPS) is 15.3. The number of nitrogens with zero attached hydrogens (tertiary/aromatic N) is 2. The summed E-state index contributed by atoms with van der Waals surface area (Å²) in [5, 5.41) is 0. The van der Waals surface area contributed by atoms with E-state index in [9.17, 15) is 13.2 Å². The van der Waals surface area contributed by atoms with Gasteiger partial charge in [-0.15, -0.1) is 0 Å². The number of sulfonamides is 1. The number of rotatable bonds is 8. The second kappa shape index (κ2) is 10.3. The monoisotopic (exact) mass is 444 g/mol. The highest BCUT2D eigenvalue weighted by atomic mass is 32.2. The molecule has 0 spiro atoms. The minimum Gasteiger partial charge on any atom is -0.495 e. The van der Waals surface area contributed by atoms with Gasteiger partial charge in [-0.25, -0.2) is 8.42 Å². The van der Waals surface area contributed by atoms with Crippen molar-refractivity contribution < 1.29 is 17.9 Å². The maximum Gasteiger partial charge on any atom is 0.247 e. The molecule has 1 amide bonds. The molecule has 1 saturated heterocycles. The molecule has 6 nitrogen and oxygen atoms in total. The lowest BCUT2D eigenvalue weighted by Gasteiger charge is -2.33. The number of hydrogen-bond donors (Lipinski definition) is 0. The van der Waals surface area contributed by atoms with Crippen molar-refractivity contribution in [2.45, 2.75) is 38.0 Å². The van der Waals surface area contributed by atoms with E-state index < -0.39 is 10.0 Å². The Hall–Kier alpha value is -2.38. The highest BCUT2D eigenvalue weighted by molar-refractivity contribution is 7.89. The van der Waals surface area contributed by atoms with Crippen molar-refractivity contribution in [2.75, 3.05) is 33.3 Å². The van der Waals surface area contributed by atoms with Crippen LogP contribution in [0.4, 0.5) is 0 Å². The lowest BCUT2D eigenvalue weighted by molar-refractivity contribution is -0.132. The summed E-state index contributed by atoms with van der Waals surface area (Å²) in [5.41, 5.74) is 2.14. The molecule has 7 heteroatoms. The number of carbonyl (C=O) groups excluding carboxylic acids is 1. The fraction of sp³-hybridized carbons (Fsp3) is 0.458. The molecule has 31 heavy (non-hydrogen) atoms. The van der Waals surface area contributed by atoms with Crippen LogP contribution >= 0.6 is 0 Å². The summed E-state index contributed by atoms with van der Waals surface area (Å²) in [7, 11) is -2.39. The molecular weight excluding hydrogens is 412 g/mol. The van der Waals surface area contributed by atoms with E-state index in [4.69, 9.17) is 4.74 Å². The van der Waals surface area contributed by atoms with Crippen molar-refractivity contribution in [1.29, 1.82) is 0 Å². The van der Waals surface area contributed by atoms with Gasteiger partial charge in [-0.2, -0.15) is 4.31 Å². The van der Waals surface area contributed by atoms with Crippen molar-refractivity contribution in [3.05, 3.63) is 59.7 Å². The van der Waals surface area contributed by atoms with Gasteiger partial charge in [0.05, 0.1) is 13.7 Å². The summed E-state index contributed by atoms with van der Waals surface area (Å²) >= 11 is 0. The minimum atomic E-state index is -3.84. The standard InChI is InChI=1S/C24H32N2O4S/c1-4-26(31(28,29)23-16-19(2)10-11-22(23)30-3)18-24(27)25-14-12-21(13-15-25)17-20-8-6-5-7-9-20/h5-11,16,21H,4,12-15,17-18H2,1-3H3. The van der Waals surface area contributed by atoms with E-state index in [1.807, 2.05) is 13.0 Å². The average molecular weight is 445 g/mol. The molecule has 2 aromatic rings. The lowest BCUT2D eigenvalue weighted by atomic mass is 9.90. The number of benzene rings is 2. The zero-order valence-electron chi connectivity index (χ0n) is 18.6. The Kier molecular flexibility index (Phi) is 7.73. The van der Waals surface area contributed by atoms with Crippen LogP contribution in [0.25, 0.3) is 0 Å². The van der Waals surface area contributed by atoms with Crippen LogP contribution in [-0.2, 0) is 21.2 Å². The third-order valence-corrected chi connectivity index (χ3v) is 7.88. The molecule has 1 aliphatic heterocycles. The Bertz CT molecular complexity index is 984. The van der Waals surface area contributed by atoms with E-state index in [1.54, 1.807) is 30.0 Å². The van der Waals surface area contributed by atoms with Crippen molar-refractivity contribution in [1.82, 2.24) is 9.21 Å². The molecule has 0 atom stereocenters. The van der Waals surface area contributed by atoms with E-state index in [0.717, 1.165) is 24.8 Å². The van der Waals surface area contributed by atoms with Crippen molar-refractivity contribution in [3.63, 3.8) is 0 Å². The summed E-state index contributed by atoms with van der Waals surface area (Å²) in [6.07, 6.45) is 2.89. The molecule has 0 aromatic heterocycles. The van der Waals surface area contributed by atoms with Gasteiger partial charge in [-0.3, -0.25) is 4.79 Å². The van der Waals surface area contributed by atoms with E-state index in [-0.39, 0.29) is 23.9 Å². The molecule has 1 heterocycles. The maximum absolute atomic E-state index is 13.2.